The predicted molar refractivity (Wildman–Crippen MR) is 93.9 cm³/mol. The van der Waals surface area contributed by atoms with Crippen LogP contribution in [0.3, 0.4) is 0 Å². The summed E-state index contributed by atoms with van der Waals surface area (Å²) in [7, 11) is 0. The Morgan fingerprint density at radius 2 is 1.63 bits per heavy atom. The van der Waals surface area contributed by atoms with Gasteiger partial charge in [-0.25, -0.2) is 9.82 Å². The van der Waals surface area contributed by atoms with Crippen molar-refractivity contribution in [3.8, 4) is 5.75 Å². The zero-order valence-corrected chi connectivity index (χ0v) is 15.9. The van der Waals surface area contributed by atoms with Crippen molar-refractivity contribution >= 4 is 29.4 Å². The second-order valence-electron chi connectivity index (χ2n) is 5.70. The highest BCUT2D eigenvalue weighted by molar-refractivity contribution is 6.36. The molecule has 0 saturated carbocycles. The molecule has 0 saturated heterocycles. The van der Waals surface area contributed by atoms with Crippen LogP contribution < -0.4 is 10.2 Å². The molecule has 0 aliphatic rings. The normalized spacial score (nSPS) is 13.0. The standard InChI is InChI=1S/C17H10Cl2F8N2O/c18-11-5-10(7-28-29-17(26,27)15(21,22)16(23,24)25)14(12(19)6-11)30-8-9-3-1-2-4-13(9)20/h1-7,29H,8H2/b28-7-. The van der Waals surface area contributed by atoms with Crippen molar-refractivity contribution < 1.29 is 39.9 Å². The summed E-state index contributed by atoms with van der Waals surface area (Å²) in [5.41, 5.74) is 0.318. The quantitative estimate of drug-likeness (QED) is 0.214. The van der Waals surface area contributed by atoms with Crippen LogP contribution in [0.4, 0.5) is 35.1 Å². The van der Waals surface area contributed by atoms with Gasteiger partial charge in [0.2, 0.25) is 0 Å². The first-order valence-corrected chi connectivity index (χ1v) is 8.49. The lowest BCUT2D eigenvalue weighted by Crippen LogP contribution is -2.58. The summed E-state index contributed by atoms with van der Waals surface area (Å²) >= 11 is 11.7. The Morgan fingerprint density at radius 3 is 2.23 bits per heavy atom. The van der Waals surface area contributed by atoms with E-state index >= 15 is 0 Å². The molecule has 0 radical (unpaired) electrons. The van der Waals surface area contributed by atoms with Crippen molar-refractivity contribution in [2.24, 2.45) is 5.10 Å². The fourth-order valence-electron chi connectivity index (χ4n) is 2.02. The van der Waals surface area contributed by atoms with E-state index in [1.54, 1.807) is 0 Å². The lowest BCUT2D eigenvalue weighted by molar-refractivity contribution is -0.361. The molecule has 0 aliphatic carbocycles. The zero-order chi connectivity index (χ0) is 22.7. The summed E-state index contributed by atoms with van der Waals surface area (Å²) in [5, 5.41) is 2.51. The van der Waals surface area contributed by atoms with Crippen LogP contribution >= 0.6 is 23.2 Å². The van der Waals surface area contributed by atoms with E-state index in [-0.39, 0.29) is 33.5 Å². The van der Waals surface area contributed by atoms with Crippen molar-refractivity contribution in [1.29, 1.82) is 0 Å². The summed E-state index contributed by atoms with van der Waals surface area (Å²) in [5.74, 6) is -7.26. The van der Waals surface area contributed by atoms with Crippen molar-refractivity contribution in [1.82, 2.24) is 5.43 Å². The molecule has 0 unspecified atom stereocenters. The summed E-state index contributed by atoms with van der Waals surface area (Å²) in [6.07, 6.45) is -6.07. The number of nitrogens with zero attached hydrogens (tertiary/aromatic N) is 1. The maximum Gasteiger partial charge on any atom is 0.462 e. The van der Waals surface area contributed by atoms with Crippen LogP contribution in [-0.2, 0) is 6.61 Å². The van der Waals surface area contributed by atoms with Crippen molar-refractivity contribution in [2.45, 2.75) is 24.8 Å². The van der Waals surface area contributed by atoms with Crippen LogP contribution in [0, 0.1) is 5.82 Å². The molecule has 2 rings (SSSR count). The molecule has 0 amide bonds. The molecule has 13 heteroatoms. The molecule has 0 bridgehead atoms. The highest BCUT2D eigenvalue weighted by atomic mass is 35.5. The first-order chi connectivity index (χ1) is 13.8. The van der Waals surface area contributed by atoms with Gasteiger partial charge >= 0.3 is 18.1 Å². The van der Waals surface area contributed by atoms with Gasteiger partial charge < -0.3 is 4.74 Å². The number of hydrogen-bond acceptors (Lipinski definition) is 3. The number of alkyl halides is 7. The van der Waals surface area contributed by atoms with Gasteiger partial charge in [-0.3, -0.25) is 0 Å². The fraction of sp³-hybridized carbons (Fsp3) is 0.235. The van der Waals surface area contributed by atoms with Gasteiger partial charge in [0.05, 0.1) is 11.2 Å². The molecule has 0 aliphatic heterocycles. The topological polar surface area (TPSA) is 33.6 Å². The van der Waals surface area contributed by atoms with E-state index < -0.39 is 24.0 Å². The summed E-state index contributed by atoms with van der Waals surface area (Å²) in [6.45, 7) is -0.370. The van der Waals surface area contributed by atoms with E-state index in [9.17, 15) is 35.1 Å². The number of ether oxygens (including phenoxy) is 1. The van der Waals surface area contributed by atoms with Crippen molar-refractivity contribution in [3.05, 3.63) is 63.4 Å². The fourth-order valence-corrected chi connectivity index (χ4v) is 2.59. The summed E-state index contributed by atoms with van der Waals surface area (Å²) in [6, 6.07) is 1.96. The Kier molecular flexibility index (Phi) is 7.08. The second-order valence-corrected chi connectivity index (χ2v) is 6.55. The van der Waals surface area contributed by atoms with Crippen LogP contribution in [0.25, 0.3) is 0 Å². The lowest BCUT2D eigenvalue weighted by atomic mass is 10.2. The maximum atomic E-state index is 13.7. The smallest absolute Gasteiger partial charge is 0.462 e. The average molecular weight is 481 g/mol. The van der Waals surface area contributed by atoms with Gasteiger partial charge in [-0.15, -0.1) is 0 Å². The van der Waals surface area contributed by atoms with Gasteiger partial charge in [-0.1, -0.05) is 41.4 Å². The number of nitrogens with one attached hydrogen (secondary N) is 1. The van der Waals surface area contributed by atoms with Crippen molar-refractivity contribution in [3.63, 3.8) is 0 Å². The molecule has 3 nitrogen and oxygen atoms in total. The SMILES string of the molecule is Fc1ccccc1COc1c(Cl)cc(Cl)cc1/C=N\NC(F)(F)C(F)(F)C(F)(F)F. The summed E-state index contributed by atoms with van der Waals surface area (Å²) in [4.78, 5) is 0. The zero-order valence-electron chi connectivity index (χ0n) is 14.4. The van der Waals surface area contributed by atoms with Gasteiger partial charge in [0.1, 0.15) is 18.2 Å². The predicted octanol–water partition coefficient (Wildman–Crippen LogP) is 6.43. The first-order valence-electron chi connectivity index (χ1n) is 7.74. The molecule has 2 aromatic rings. The van der Waals surface area contributed by atoms with Gasteiger partial charge in [0, 0.05) is 16.1 Å². The third-order valence-electron chi connectivity index (χ3n) is 3.53. The minimum Gasteiger partial charge on any atom is -0.487 e. The van der Waals surface area contributed by atoms with Crippen LogP contribution in [0.2, 0.25) is 10.0 Å². The Morgan fingerprint density at radius 1 is 1.00 bits per heavy atom. The molecule has 0 heterocycles. The van der Waals surface area contributed by atoms with E-state index in [1.165, 1.54) is 24.3 Å². The largest absolute Gasteiger partial charge is 0.487 e. The van der Waals surface area contributed by atoms with E-state index in [0.29, 0.717) is 11.6 Å². The molecule has 2 aromatic carbocycles. The first kappa shape index (κ1) is 24.0. The van der Waals surface area contributed by atoms with Gasteiger partial charge in [0.25, 0.3) is 0 Å². The van der Waals surface area contributed by atoms with Crippen molar-refractivity contribution in [2.75, 3.05) is 0 Å². The van der Waals surface area contributed by atoms with E-state index in [2.05, 4.69) is 5.10 Å². The third-order valence-corrected chi connectivity index (χ3v) is 4.02. The number of halogens is 10. The Hall–Kier alpha value is -2.27. The molecule has 0 atom stereocenters. The lowest BCUT2D eigenvalue weighted by Gasteiger charge is -2.27. The summed E-state index contributed by atoms with van der Waals surface area (Å²) < 4.78 is 108. The molecule has 1 N–H and O–H groups in total. The number of rotatable bonds is 7. The monoisotopic (exact) mass is 480 g/mol. The molecule has 30 heavy (non-hydrogen) atoms. The van der Waals surface area contributed by atoms with Gasteiger partial charge in [-0.05, 0) is 18.2 Å². The van der Waals surface area contributed by atoms with E-state index in [1.807, 2.05) is 0 Å². The van der Waals surface area contributed by atoms with E-state index in [4.69, 9.17) is 27.9 Å². The molecular formula is C17H10Cl2F8N2O. The number of hydrogen-bond donors (Lipinski definition) is 1. The van der Waals surface area contributed by atoms with Crippen LogP contribution in [-0.4, -0.2) is 24.4 Å². The molecule has 0 aromatic heterocycles. The van der Waals surface area contributed by atoms with Crippen LogP contribution in [0.5, 0.6) is 5.75 Å². The third kappa shape index (κ3) is 5.25. The molecule has 0 spiro atoms. The second kappa shape index (κ2) is 8.84. The molecule has 0 fully saturated rings. The minimum absolute atomic E-state index is 0.0490. The van der Waals surface area contributed by atoms with E-state index in [0.717, 1.165) is 12.1 Å². The number of benzene rings is 2. The Balaban J connectivity index is 2.26. The average Bonchev–Trinajstić information content (AvgIpc) is 2.61. The van der Waals surface area contributed by atoms with Crippen LogP contribution in [0.15, 0.2) is 41.5 Å². The minimum atomic E-state index is -6.52. The molecule has 164 valence electrons. The highest BCUT2D eigenvalue weighted by Crippen LogP contribution is 2.45. The highest BCUT2D eigenvalue weighted by Gasteiger charge is 2.73. The Bertz CT molecular complexity index is 934. The number of hydrazone groups is 1. The van der Waals surface area contributed by atoms with Gasteiger partial charge in [-0.2, -0.15) is 35.8 Å². The maximum absolute atomic E-state index is 13.7. The molecular weight excluding hydrogens is 471 g/mol. The van der Waals surface area contributed by atoms with Gasteiger partial charge in [0.15, 0.2) is 0 Å². The van der Waals surface area contributed by atoms with Crippen LogP contribution in [0.1, 0.15) is 11.1 Å². The Labute approximate surface area is 174 Å².